The second kappa shape index (κ2) is 8.04. The van der Waals surface area contributed by atoms with E-state index in [4.69, 9.17) is 4.74 Å². The summed E-state index contributed by atoms with van der Waals surface area (Å²) in [7, 11) is 0. The topological polar surface area (TPSA) is 21.3 Å². The van der Waals surface area contributed by atoms with E-state index in [1.807, 2.05) is 0 Å². The molecular weight excluding hydrogens is 314 g/mol. The highest BCUT2D eigenvalue weighted by molar-refractivity contribution is 9.10. The monoisotopic (exact) mass is 339 g/mol. The minimum Gasteiger partial charge on any atom is -0.490 e. The average Bonchev–Trinajstić information content (AvgIpc) is 2.47. The molecule has 0 aliphatic heterocycles. The van der Waals surface area contributed by atoms with E-state index in [9.17, 15) is 0 Å². The van der Waals surface area contributed by atoms with Gasteiger partial charge in [-0.3, -0.25) is 0 Å². The zero-order valence-electron chi connectivity index (χ0n) is 12.6. The smallest absolute Gasteiger partial charge is 0.124 e. The summed E-state index contributed by atoms with van der Waals surface area (Å²) in [6, 6.07) is 6.70. The maximum atomic E-state index is 6.28. The molecule has 20 heavy (non-hydrogen) atoms. The van der Waals surface area contributed by atoms with Crippen LogP contribution >= 0.6 is 15.9 Å². The molecule has 0 amide bonds. The van der Waals surface area contributed by atoms with Crippen LogP contribution in [0.25, 0.3) is 0 Å². The molecular formula is C17H26BrNO. The molecule has 2 nitrogen and oxygen atoms in total. The number of hydrogen-bond donors (Lipinski definition) is 1. The maximum Gasteiger partial charge on any atom is 0.124 e. The van der Waals surface area contributed by atoms with Gasteiger partial charge in [0.2, 0.25) is 0 Å². The quantitative estimate of drug-likeness (QED) is 0.766. The highest BCUT2D eigenvalue weighted by Crippen LogP contribution is 2.31. The molecule has 3 heteroatoms. The Morgan fingerprint density at radius 3 is 2.75 bits per heavy atom. The molecule has 1 fully saturated rings. The molecule has 1 N–H and O–H groups in total. The van der Waals surface area contributed by atoms with Gasteiger partial charge >= 0.3 is 0 Å². The van der Waals surface area contributed by atoms with Crippen molar-refractivity contribution >= 4 is 15.9 Å². The first-order valence-corrected chi connectivity index (χ1v) is 8.69. The van der Waals surface area contributed by atoms with E-state index in [0.717, 1.165) is 23.2 Å². The second-order valence-corrected chi connectivity index (χ2v) is 6.65. The fourth-order valence-electron chi connectivity index (χ4n) is 2.80. The van der Waals surface area contributed by atoms with Crippen molar-refractivity contribution in [1.29, 1.82) is 0 Å². The molecule has 1 atom stereocenters. The minimum absolute atomic E-state index is 0.325. The molecule has 2 rings (SSSR count). The Labute approximate surface area is 131 Å². The Balaban J connectivity index is 2.09. The van der Waals surface area contributed by atoms with E-state index < -0.39 is 0 Å². The fraction of sp³-hybridized carbons (Fsp3) is 0.647. The van der Waals surface area contributed by atoms with Gasteiger partial charge in [-0.2, -0.15) is 0 Å². The molecule has 0 aromatic heterocycles. The van der Waals surface area contributed by atoms with Gasteiger partial charge < -0.3 is 10.1 Å². The number of hydrogen-bond acceptors (Lipinski definition) is 2. The Morgan fingerprint density at radius 2 is 2.05 bits per heavy atom. The lowest BCUT2D eigenvalue weighted by Gasteiger charge is -2.26. The molecule has 0 radical (unpaired) electrons. The van der Waals surface area contributed by atoms with Crippen molar-refractivity contribution in [3.63, 3.8) is 0 Å². The van der Waals surface area contributed by atoms with Gasteiger partial charge in [0.1, 0.15) is 5.75 Å². The number of halogens is 1. The van der Waals surface area contributed by atoms with E-state index in [2.05, 4.69) is 53.3 Å². The molecule has 1 saturated carbocycles. The third-order valence-corrected chi connectivity index (χ3v) is 4.48. The Bertz CT molecular complexity index is 415. The molecule has 0 heterocycles. The fourth-order valence-corrected chi connectivity index (χ4v) is 3.18. The third-order valence-electron chi connectivity index (χ3n) is 3.98. The summed E-state index contributed by atoms with van der Waals surface area (Å²) in [5.74, 6) is 1.05. The highest BCUT2D eigenvalue weighted by Gasteiger charge is 2.18. The summed E-state index contributed by atoms with van der Waals surface area (Å²) < 4.78 is 7.40. The summed E-state index contributed by atoms with van der Waals surface area (Å²) in [5.41, 5.74) is 1.26. The molecule has 1 aliphatic rings. The molecule has 0 saturated heterocycles. The normalized spacial score (nSPS) is 17.9. The standard InChI is InChI=1S/C17H26BrNO/c1-3-11-19-13(2)16-12-14(18)9-10-17(16)20-15-7-5-4-6-8-15/h9-10,12-13,15,19H,3-8,11H2,1-2H3. The van der Waals surface area contributed by atoms with Crippen molar-refractivity contribution in [3.8, 4) is 5.75 Å². The minimum atomic E-state index is 0.325. The van der Waals surface area contributed by atoms with E-state index >= 15 is 0 Å². The summed E-state index contributed by atoms with van der Waals surface area (Å²) >= 11 is 3.57. The Kier molecular flexibility index (Phi) is 6.37. The molecule has 1 unspecified atom stereocenters. The van der Waals surface area contributed by atoms with Crippen LogP contribution in [0.15, 0.2) is 22.7 Å². The number of ether oxygens (including phenoxy) is 1. The van der Waals surface area contributed by atoms with Gasteiger partial charge in [-0.15, -0.1) is 0 Å². The lowest BCUT2D eigenvalue weighted by molar-refractivity contribution is 0.152. The van der Waals surface area contributed by atoms with Gasteiger partial charge in [0, 0.05) is 16.1 Å². The Hall–Kier alpha value is -0.540. The second-order valence-electron chi connectivity index (χ2n) is 5.74. The van der Waals surface area contributed by atoms with Crippen LogP contribution in [0.4, 0.5) is 0 Å². The number of rotatable bonds is 6. The maximum absolute atomic E-state index is 6.28. The highest BCUT2D eigenvalue weighted by atomic mass is 79.9. The summed E-state index contributed by atoms with van der Waals surface area (Å²) in [5, 5.41) is 3.55. The first-order valence-electron chi connectivity index (χ1n) is 7.90. The van der Waals surface area contributed by atoms with Gasteiger partial charge in [-0.1, -0.05) is 29.3 Å². The van der Waals surface area contributed by atoms with Gasteiger partial charge in [-0.25, -0.2) is 0 Å². The predicted octanol–water partition coefficient (Wildman–Crippen LogP) is 5.22. The van der Waals surface area contributed by atoms with Gasteiger partial charge in [0.25, 0.3) is 0 Å². The lowest BCUT2D eigenvalue weighted by atomic mass is 9.97. The number of benzene rings is 1. The van der Waals surface area contributed by atoms with E-state index in [1.54, 1.807) is 0 Å². The van der Waals surface area contributed by atoms with Gasteiger partial charge in [0.15, 0.2) is 0 Å². The van der Waals surface area contributed by atoms with Crippen molar-refractivity contribution in [1.82, 2.24) is 5.32 Å². The van der Waals surface area contributed by atoms with Crippen LogP contribution in [0, 0.1) is 0 Å². The van der Waals surface area contributed by atoms with Gasteiger partial charge in [-0.05, 0) is 63.8 Å². The molecule has 1 aromatic carbocycles. The van der Waals surface area contributed by atoms with E-state index in [0.29, 0.717) is 12.1 Å². The van der Waals surface area contributed by atoms with Gasteiger partial charge in [0.05, 0.1) is 6.10 Å². The molecule has 112 valence electrons. The van der Waals surface area contributed by atoms with Crippen LogP contribution < -0.4 is 10.1 Å². The van der Waals surface area contributed by atoms with E-state index in [1.165, 1.54) is 37.7 Å². The lowest BCUT2D eigenvalue weighted by Crippen LogP contribution is -2.23. The third kappa shape index (κ3) is 4.49. The first-order chi connectivity index (χ1) is 9.70. The van der Waals surface area contributed by atoms with Crippen molar-refractivity contribution in [3.05, 3.63) is 28.2 Å². The van der Waals surface area contributed by atoms with Crippen LogP contribution in [-0.2, 0) is 0 Å². The van der Waals surface area contributed by atoms with Crippen molar-refractivity contribution < 1.29 is 4.74 Å². The SMILES string of the molecule is CCCNC(C)c1cc(Br)ccc1OC1CCCCC1. The van der Waals surface area contributed by atoms with Crippen molar-refractivity contribution in [2.75, 3.05) is 6.54 Å². The molecule has 1 aliphatic carbocycles. The van der Waals surface area contributed by atoms with Crippen LogP contribution in [0.5, 0.6) is 5.75 Å². The van der Waals surface area contributed by atoms with E-state index in [-0.39, 0.29) is 0 Å². The van der Waals surface area contributed by atoms with Crippen LogP contribution in [0.1, 0.15) is 64.0 Å². The van der Waals surface area contributed by atoms with Crippen LogP contribution in [0.3, 0.4) is 0 Å². The first kappa shape index (κ1) is 15.8. The summed E-state index contributed by atoms with van der Waals surface area (Å²) in [6.45, 7) is 5.45. The largest absolute Gasteiger partial charge is 0.490 e. The average molecular weight is 340 g/mol. The van der Waals surface area contributed by atoms with Crippen molar-refractivity contribution in [2.24, 2.45) is 0 Å². The zero-order chi connectivity index (χ0) is 14.4. The van der Waals surface area contributed by atoms with Crippen LogP contribution in [0.2, 0.25) is 0 Å². The zero-order valence-corrected chi connectivity index (χ0v) is 14.2. The molecule has 1 aromatic rings. The summed E-state index contributed by atoms with van der Waals surface area (Å²) in [4.78, 5) is 0. The molecule has 0 spiro atoms. The van der Waals surface area contributed by atoms with Crippen molar-refractivity contribution in [2.45, 2.75) is 64.5 Å². The Morgan fingerprint density at radius 1 is 1.30 bits per heavy atom. The predicted molar refractivity (Wildman–Crippen MR) is 88.4 cm³/mol. The summed E-state index contributed by atoms with van der Waals surface area (Å²) in [6.07, 6.45) is 7.93. The van der Waals surface area contributed by atoms with Crippen LogP contribution in [-0.4, -0.2) is 12.6 Å². The number of nitrogens with one attached hydrogen (secondary N) is 1. The molecule has 0 bridgehead atoms.